The summed E-state index contributed by atoms with van der Waals surface area (Å²) in [4.78, 5) is 8.17. The molecule has 3 aliphatic heterocycles. The van der Waals surface area contributed by atoms with Crippen LogP contribution in [0.2, 0.25) is 0 Å². The standard InChI is InChI=1S/C31H59N3O/c1-24(30(2,3)4)27-8-14-32(15-9-27)22-25-20-26(21-25)23-33-16-10-28(11-17-33)35-29-12-18-34(19-13-29)31(5,6)7/h24-29H,8-23H2,1-7H3. The second kappa shape index (κ2) is 11.7. The molecule has 4 nitrogen and oxygen atoms in total. The molecular formula is C31H59N3O. The van der Waals surface area contributed by atoms with Crippen molar-refractivity contribution in [2.75, 3.05) is 52.4 Å². The van der Waals surface area contributed by atoms with Gasteiger partial charge >= 0.3 is 0 Å². The van der Waals surface area contributed by atoms with E-state index in [1.165, 1.54) is 104 Å². The van der Waals surface area contributed by atoms with E-state index in [2.05, 4.69) is 63.2 Å². The maximum absolute atomic E-state index is 6.57. The van der Waals surface area contributed by atoms with E-state index in [-0.39, 0.29) is 0 Å². The summed E-state index contributed by atoms with van der Waals surface area (Å²) in [6.45, 7) is 27.1. The molecule has 4 aliphatic rings. The van der Waals surface area contributed by atoms with Gasteiger partial charge in [0.15, 0.2) is 0 Å². The molecule has 0 aromatic carbocycles. The van der Waals surface area contributed by atoms with E-state index < -0.39 is 0 Å². The van der Waals surface area contributed by atoms with Crippen LogP contribution in [0.1, 0.15) is 99.8 Å². The van der Waals surface area contributed by atoms with Crippen LogP contribution in [0.3, 0.4) is 0 Å². The van der Waals surface area contributed by atoms with Crippen molar-refractivity contribution < 1.29 is 4.74 Å². The molecule has 0 bridgehead atoms. The Bertz CT molecular complexity index is 623. The van der Waals surface area contributed by atoms with Gasteiger partial charge in [0, 0.05) is 44.8 Å². The Morgan fingerprint density at radius 3 is 1.51 bits per heavy atom. The van der Waals surface area contributed by atoms with Gasteiger partial charge in [-0.05, 0) is 114 Å². The first-order chi connectivity index (χ1) is 16.5. The van der Waals surface area contributed by atoms with E-state index in [9.17, 15) is 0 Å². The van der Waals surface area contributed by atoms with Gasteiger partial charge in [-0.25, -0.2) is 0 Å². The molecule has 1 saturated carbocycles. The number of piperidine rings is 3. The van der Waals surface area contributed by atoms with Crippen molar-refractivity contribution in [3.8, 4) is 0 Å². The Hall–Kier alpha value is -0.160. The Morgan fingerprint density at radius 2 is 1.09 bits per heavy atom. The highest BCUT2D eigenvalue weighted by molar-refractivity contribution is 4.88. The van der Waals surface area contributed by atoms with E-state index >= 15 is 0 Å². The second-order valence-electron chi connectivity index (χ2n) is 15.0. The number of ether oxygens (including phenoxy) is 1. The van der Waals surface area contributed by atoms with Crippen LogP contribution in [0.25, 0.3) is 0 Å². The summed E-state index contributed by atoms with van der Waals surface area (Å²) in [5.74, 6) is 3.70. The van der Waals surface area contributed by atoms with Gasteiger partial charge in [0.1, 0.15) is 0 Å². The summed E-state index contributed by atoms with van der Waals surface area (Å²) < 4.78 is 6.57. The summed E-state index contributed by atoms with van der Waals surface area (Å²) in [7, 11) is 0. The lowest BCUT2D eigenvalue weighted by atomic mass is 9.70. The largest absolute Gasteiger partial charge is 0.375 e. The first kappa shape index (κ1) is 27.9. The molecule has 35 heavy (non-hydrogen) atoms. The van der Waals surface area contributed by atoms with E-state index in [4.69, 9.17) is 4.74 Å². The molecule has 0 aromatic heterocycles. The van der Waals surface area contributed by atoms with Crippen LogP contribution in [0, 0.1) is 29.1 Å². The number of hydrogen-bond acceptors (Lipinski definition) is 4. The summed E-state index contributed by atoms with van der Waals surface area (Å²) in [6, 6.07) is 0. The van der Waals surface area contributed by atoms with Crippen molar-refractivity contribution in [2.45, 2.75) is 118 Å². The van der Waals surface area contributed by atoms with Crippen molar-refractivity contribution in [1.82, 2.24) is 14.7 Å². The quantitative estimate of drug-likeness (QED) is 0.427. The third-order valence-electron chi connectivity index (χ3n) is 10.4. The Balaban J connectivity index is 1.05. The fourth-order valence-corrected chi connectivity index (χ4v) is 7.41. The first-order valence-electron chi connectivity index (χ1n) is 15.3. The van der Waals surface area contributed by atoms with Crippen LogP contribution >= 0.6 is 0 Å². The van der Waals surface area contributed by atoms with Crippen LogP contribution in [-0.2, 0) is 4.74 Å². The number of likely N-dealkylation sites (tertiary alicyclic amines) is 3. The van der Waals surface area contributed by atoms with Crippen molar-refractivity contribution in [2.24, 2.45) is 29.1 Å². The van der Waals surface area contributed by atoms with Crippen LogP contribution in [0.15, 0.2) is 0 Å². The average molecular weight is 490 g/mol. The zero-order chi connectivity index (χ0) is 25.2. The summed E-state index contributed by atoms with van der Waals surface area (Å²) in [5, 5.41) is 0. The SMILES string of the molecule is CC(C1CCN(CC2CC(CN3CCC(OC4CCN(C(C)(C)C)CC4)CC3)C2)CC1)C(C)(C)C. The predicted molar refractivity (Wildman–Crippen MR) is 149 cm³/mol. The van der Waals surface area contributed by atoms with E-state index in [0.29, 0.717) is 23.2 Å². The summed E-state index contributed by atoms with van der Waals surface area (Å²) in [5.41, 5.74) is 0.761. The highest BCUT2D eigenvalue weighted by Crippen LogP contribution is 2.39. The number of nitrogens with zero attached hydrogens (tertiary/aromatic N) is 3. The Kier molecular flexibility index (Phi) is 9.32. The summed E-state index contributed by atoms with van der Waals surface area (Å²) in [6.07, 6.45) is 11.7. The van der Waals surface area contributed by atoms with Gasteiger partial charge in [0.25, 0.3) is 0 Å². The molecule has 4 fully saturated rings. The third-order valence-corrected chi connectivity index (χ3v) is 10.4. The predicted octanol–water partition coefficient (Wildman–Crippen LogP) is 6.15. The molecule has 0 spiro atoms. The van der Waals surface area contributed by atoms with E-state index in [1.54, 1.807) is 0 Å². The number of rotatable bonds is 7. The molecule has 0 radical (unpaired) electrons. The highest BCUT2D eigenvalue weighted by atomic mass is 16.5. The van der Waals surface area contributed by atoms with Crippen molar-refractivity contribution in [3.05, 3.63) is 0 Å². The summed E-state index contributed by atoms with van der Waals surface area (Å²) >= 11 is 0. The van der Waals surface area contributed by atoms with Gasteiger partial charge in [-0.1, -0.05) is 27.7 Å². The minimum atomic E-state index is 0.304. The lowest BCUT2D eigenvalue weighted by molar-refractivity contribution is -0.0753. The fraction of sp³-hybridized carbons (Fsp3) is 1.00. The molecule has 3 saturated heterocycles. The second-order valence-corrected chi connectivity index (χ2v) is 15.0. The van der Waals surface area contributed by atoms with Crippen LogP contribution in [-0.4, -0.2) is 84.8 Å². The van der Waals surface area contributed by atoms with Crippen LogP contribution in [0.4, 0.5) is 0 Å². The van der Waals surface area contributed by atoms with Crippen LogP contribution in [0.5, 0.6) is 0 Å². The molecule has 4 heteroatoms. The maximum atomic E-state index is 6.57. The molecule has 3 heterocycles. The monoisotopic (exact) mass is 489 g/mol. The molecule has 1 atom stereocenters. The number of hydrogen-bond donors (Lipinski definition) is 0. The molecule has 0 N–H and O–H groups in total. The van der Waals surface area contributed by atoms with E-state index in [0.717, 1.165) is 23.7 Å². The normalized spacial score (nSPS) is 30.9. The minimum Gasteiger partial charge on any atom is -0.375 e. The van der Waals surface area contributed by atoms with Gasteiger partial charge in [0.05, 0.1) is 12.2 Å². The van der Waals surface area contributed by atoms with Gasteiger partial charge < -0.3 is 14.5 Å². The molecule has 1 unspecified atom stereocenters. The molecule has 0 aromatic rings. The minimum absolute atomic E-state index is 0.304. The fourth-order valence-electron chi connectivity index (χ4n) is 7.41. The first-order valence-corrected chi connectivity index (χ1v) is 15.3. The van der Waals surface area contributed by atoms with E-state index in [1.807, 2.05) is 0 Å². The zero-order valence-corrected chi connectivity index (χ0v) is 24.5. The van der Waals surface area contributed by atoms with Gasteiger partial charge in [-0.2, -0.15) is 0 Å². The lowest BCUT2D eigenvalue weighted by Gasteiger charge is -2.45. The smallest absolute Gasteiger partial charge is 0.0603 e. The Morgan fingerprint density at radius 1 is 0.657 bits per heavy atom. The van der Waals surface area contributed by atoms with Gasteiger partial charge in [-0.15, -0.1) is 0 Å². The van der Waals surface area contributed by atoms with Gasteiger partial charge in [0.2, 0.25) is 0 Å². The van der Waals surface area contributed by atoms with Crippen molar-refractivity contribution in [3.63, 3.8) is 0 Å². The Labute approximate surface area is 218 Å². The molecular weight excluding hydrogens is 430 g/mol. The topological polar surface area (TPSA) is 19.0 Å². The molecule has 204 valence electrons. The lowest BCUT2D eigenvalue weighted by Crippen LogP contribution is -2.49. The van der Waals surface area contributed by atoms with Crippen molar-refractivity contribution in [1.29, 1.82) is 0 Å². The zero-order valence-electron chi connectivity index (χ0n) is 24.5. The van der Waals surface area contributed by atoms with Crippen molar-refractivity contribution >= 4 is 0 Å². The highest BCUT2D eigenvalue weighted by Gasteiger charge is 2.36. The maximum Gasteiger partial charge on any atom is 0.0603 e. The average Bonchev–Trinajstić information content (AvgIpc) is 2.78. The molecule has 4 rings (SSSR count). The van der Waals surface area contributed by atoms with Crippen LogP contribution < -0.4 is 0 Å². The molecule has 0 amide bonds. The van der Waals surface area contributed by atoms with Gasteiger partial charge in [-0.3, -0.25) is 4.90 Å². The third kappa shape index (κ3) is 7.91. The molecule has 1 aliphatic carbocycles.